The van der Waals surface area contributed by atoms with Gasteiger partial charge in [0.25, 0.3) is 0 Å². The van der Waals surface area contributed by atoms with Gasteiger partial charge >= 0.3 is 5.97 Å². The number of hydrogen-bond acceptors (Lipinski definition) is 4. The van der Waals surface area contributed by atoms with Gasteiger partial charge in [-0.1, -0.05) is 0 Å². The minimum absolute atomic E-state index is 0.0123. The highest BCUT2D eigenvalue weighted by Gasteiger charge is 2.29. The molecule has 0 heterocycles. The van der Waals surface area contributed by atoms with Crippen molar-refractivity contribution in [1.82, 2.24) is 5.32 Å². The Labute approximate surface area is 115 Å². The lowest BCUT2D eigenvalue weighted by atomic mass is 9.84. The third kappa shape index (κ3) is 4.46. The van der Waals surface area contributed by atoms with Crippen LogP contribution in [0.1, 0.15) is 58.3 Å². The van der Waals surface area contributed by atoms with E-state index in [1.807, 2.05) is 6.92 Å². The summed E-state index contributed by atoms with van der Waals surface area (Å²) in [6.45, 7) is 2.35. The first kappa shape index (κ1) is 14.8. The Morgan fingerprint density at radius 3 is 2.11 bits per heavy atom. The number of aliphatic hydroxyl groups excluding tert-OH is 1. The van der Waals surface area contributed by atoms with Crippen LogP contribution in [0.25, 0.3) is 0 Å². The quantitative estimate of drug-likeness (QED) is 0.766. The van der Waals surface area contributed by atoms with Crippen LogP contribution in [0.2, 0.25) is 0 Å². The van der Waals surface area contributed by atoms with Crippen LogP contribution in [0, 0.1) is 5.92 Å². The van der Waals surface area contributed by atoms with Crippen molar-refractivity contribution in [3.63, 3.8) is 0 Å². The van der Waals surface area contributed by atoms with Crippen molar-refractivity contribution in [3.8, 4) is 0 Å². The predicted octanol–water partition coefficient (Wildman–Crippen LogP) is 2.00. The maximum atomic E-state index is 11.7. The summed E-state index contributed by atoms with van der Waals surface area (Å²) in [5, 5.41) is 13.2. The van der Waals surface area contributed by atoms with E-state index in [1.165, 1.54) is 0 Å². The molecule has 0 aromatic heterocycles. The molecule has 2 fully saturated rings. The third-order valence-corrected chi connectivity index (χ3v) is 4.52. The van der Waals surface area contributed by atoms with Crippen LogP contribution in [0.4, 0.5) is 0 Å². The number of aliphatic hydroxyl groups is 1. The molecule has 2 saturated carbocycles. The van der Waals surface area contributed by atoms with Crippen molar-refractivity contribution in [3.05, 3.63) is 0 Å². The van der Waals surface area contributed by atoms with Gasteiger partial charge in [0.2, 0.25) is 0 Å². The largest absolute Gasteiger partial charge is 0.466 e. The van der Waals surface area contributed by atoms with Gasteiger partial charge in [0, 0.05) is 12.1 Å². The molecule has 0 spiro atoms. The van der Waals surface area contributed by atoms with E-state index in [2.05, 4.69) is 5.32 Å². The highest BCUT2D eigenvalue weighted by Crippen LogP contribution is 2.27. The molecule has 4 heteroatoms. The molecule has 0 saturated heterocycles. The summed E-state index contributed by atoms with van der Waals surface area (Å²) in [7, 11) is 0. The summed E-state index contributed by atoms with van der Waals surface area (Å²) < 4.78 is 5.09. The molecule has 2 aliphatic carbocycles. The zero-order valence-corrected chi connectivity index (χ0v) is 11.9. The van der Waals surface area contributed by atoms with Gasteiger partial charge in [-0.2, -0.15) is 0 Å². The van der Waals surface area contributed by atoms with Crippen LogP contribution in [0.15, 0.2) is 0 Å². The standard InChI is InChI=1S/C15H27NO3/c1-2-19-15(18)11-3-5-12(6-4-11)16-13-7-9-14(17)10-8-13/h11-14,16-17H,2-10H2,1H3. The third-order valence-electron chi connectivity index (χ3n) is 4.52. The number of esters is 1. The van der Waals surface area contributed by atoms with E-state index in [0.717, 1.165) is 51.4 Å². The average molecular weight is 269 g/mol. The van der Waals surface area contributed by atoms with Crippen molar-refractivity contribution >= 4 is 5.97 Å². The monoisotopic (exact) mass is 269 g/mol. The highest BCUT2D eigenvalue weighted by molar-refractivity contribution is 5.72. The molecule has 2 aliphatic rings. The number of ether oxygens (including phenoxy) is 1. The van der Waals surface area contributed by atoms with E-state index in [-0.39, 0.29) is 18.0 Å². The topological polar surface area (TPSA) is 58.6 Å². The SMILES string of the molecule is CCOC(=O)C1CCC(NC2CCC(O)CC2)CC1. The minimum Gasteiger partial charge on any atom is -0.466 e. The summed E-state index contributed by atoms with van der Waals surface area (Å²) >= 11 is 0. The van der Waals surface area contributed by atoms with E-state index in [1.54, 1.807) is 0 Å². The molecule has 0 radical (unpaired) electrons. The van der Waals surface area contributed by atoms with Crippen molar-refractivity contribution in [1.29, 1.82) is 0 Å². The maximum absolute atomic E-state index is 11.7. The molecule has 19 heavy (non-hydrogen) atoms. The van der Waals surface area contributed by atoms with Gasteiger partial charge < -0.3 is 15.2 Å². The predicted molar refractivity (Wildman–Crippen MR) is 73.8 cm³/mol. The molecule has 4 nitrogen and oxygen atoms in total. The Hall–Kier alpha value is -0.610. The van der Waals surface area contributed by atoms with Gasteiger partial charge in [-0.15, -0.1) is 0 Å². The van der Waals surface area contributed by atoms with E-state index in [9.17, 15) is 9.90 Å². The second-order valence-corrected chi connectivity index (χ2v) is 5.97. The van der Waals surface area contributed by atoms with Crippen LogP contribution in [0.5, 0.6) is 0 Å². The van der Waals surface area contributed by atoms with Crippen LogP contribution in [-0.4, -0.2) is 35.9 Å². The summed E-state index contributed by atoms with van der Waals surface area (Å²) in [6.07, 6.45) is 7.98. The maximum Gasteiger partial charge on any atom is 0.308 e. The second-order valence-electron chi connectivity index (χ2n) is 5.97. The molecule has 2 rings (SSSR count). The van der Waals surface area contributed by atoms with E-state index < -0.39 is 0 Å². The fourth-order valence-corrected chi connectivity index (χ4v) is 3.33. The van der Waals surface area contributed by atoms with Gasteiger partial charge in [0.1, 0.15) is 0 Å². The number of hydrogen-bond donors (Lipinski definition) is 2. The molecule has 0 bridgehead atoms. The van der Waals surface area contributed by atoms with Crippen LogP contribution < -0.4 is 5.32 Å². The summed E-state index contributed by atoms with van der Waals surface area (Å²) in [5.74, 6) is 0.105. The molecule has 0 amide bonds. The van der Waals surface area contributed by atoms with E-state index >= 15 is 0 Å². The second kappa shape index (κ2) is 7.25. The molecule has 0 aromatic carbocycles. The first-order valence-electron chi connectivity index (χ1n) is 7.79. The Balaban J connectivity index is 1.67. The number of carbonyl (C=O) groups is 1. The first-order chi connectivity index (χ1) is 9.19. The number of carbonyl (C=O) groups excluding carboxylic acids is 1. The average Bonchev–Trinajstić information content (AvgIpc) is 2.42. The Kier molecular flexibility index (Phi) is 5.64. The molecule has 0 aliphatic heterocycles. The molecule has 0 aromatic rings. The van der Waals surface area contributed by atoms with Crippen molar-refractivity contribution in [2.24, 2.45) is 5.92 Å². The van der Waals surface area contributed by atoms with Gasteiger partial charge in [0.15, 0.2) is 0 Å². The summed E-state index contributed by atoms with van der Waals surface area (Å²) in [6, 6.07) is 1.11. The van der Waals surface area contributed by atoms with Crippen LogP contribution >= 0.6 is 0 Å². The highest BCUT2D eigenvalue weighted by atomic mass is 16.5. The summed E-state index contributed by atoms with van der Waals surface area (Å²) in [5.41, 5.74) is 0. The number of rotatable bonds is 4. The molecule has 0 atom stereocenters. The van der Waals surface area contributed by atoms with Crippen molar-refractivity contribution in [2.45, 2.75) is 76.5 Å². The van der Waals surface area contributed by atoms with Crippen molar-refractivity contribution < 1.29 is 14.6 Å². The smallest absolute Gasteiger partial charge is 0.308 e. The molecule has 0 unspecified atom stereocenters. The van der Waals surface area contributed by atoms with Gasteiger partial charge in [-0.05, 0) is 58.3 Å². The molecule has 110 valence electrons. The van der Waals surface area contributed by atoms with Gasteiger partial charge in [-0.3, -0.25) is 4.79 Å². The Morgan fingerprint density at radius 2 is 1.58 bits per heavy atom. The molecular formula is C15H27NO3. The zero-order chi connectivity index (χ0) is 13.7. The van der Waals surface area contributed by atoms with Crippen molar-refractivity contribution in [2.75, 3.05) is 6.61 Å². The van der Waals surface area contributed by atoms with E-state index in [0.29, 0.717) is 18.7 Å². The van der Waals surface area contributed by atoms with Crippen LogP contribution in [-0.2, 0) is 9.53 Å². The molecule has 2 N–H and O–H groups in total. The zero-order valence-electron chi connectivity index (χ0n) is 11.9. The lowest BCUT2D eigenvalue weighted by Crippen LogP contribution is -2.43. The number of nitrogens with one attached hydrogen (secondary N) is 1. The summed E-state index contributed by atoms with van der Waals surface area (Å²) in [4.78, 5) is 11.7. The van der Waals surface area contributed by atoms with Gasteiger partial charge in [-0.25, -0.2) is 0 Å². The lowest BCUT2D eigenvalue weighted by Gasteiger charge is -2.33. The lowest BCUT2D eigenvalue weighted by molar-refractivity contribution is -0.149. The van der Waals surface area contributed by atoms with Crippen LogP contribution in [0.3, 0.4) is 0 Å². The minimum atomic E-state index is -0.0856. The first-order valence-corrected chi connectivity index (χ1v) is 7.79. The Bertz CT molecular complexity index is 279. The normalized spacial score (nSPS) is 35.9. The van der Waals surface area contributed by atoms with E-state index in [4.69, 9.17) is 4.74 Å². The fourth-order valence-electron chi connectivity index (χ4n) is 3.33. The Morgan fingerprint density at radius 1 is 1.05 bits per heavy atom. The molecular weight excluding hydrogens is 242 g/mol. The fraction of sp³-hybridized carbons (Fsp3) is 0.933. The van der Waals surface area contributed by atoms with Gasteiger partial charge in [0.05, 0.1) is 18.6 Å².